The molecule has 2 rings (SSSR count). The van der Waals surface area contributed by atoms with Crippen molar-refractivity contribution >= 4 is 5.91 Å². The molecule has 24 heavy (non-hydrogen) atoms. The molecule has 0 saturated carbocycles. The number of nitrogens with zero attached hydrogens (tertiary/aromatic N) is 2. The molecule has 0 saturated heterocycles. The highest BCUT2D eigenvalue weighted by Gasteiger charge is 2.18. The molecule has 1 heterocycles. The molecule has 0 aliphatic carbocycles. The molecule has 130 valence electrons. The summed E-state index contributed by atoms with van der Waals surface area (Å²) in [6.45, 7) is 5.32. The van der Waals surface area contributed by atoms with Crippen LogP contribution in [0.1, 0.15) is 54.7 Å². The Kier molecular flexibility index (Phi) is 7.00. The third kappa shape index (κ3) is 4.68. The minimum Gasteiger partial charge on any atom is -0.348 e. The van der Waals surface area contributed by atoms with Gasteiger partial charge in [0.1, 0.15) is 0 Å². The van der Waals surface area contributed by atoms with Crippen molar-refractivity contribution in [1.29, 1.82) is 0 Å². The van der Waals surface area contributed by atoms with Crippen LogP contribution in [0.5, 0.6) is 0 Å². The largest absolute Gasteiger partial charge is 0.348 e. The predicted molar refractivity (Wildman–Crippen MR) is 97.0 cm³/mol. The SMILES string of the molecule is CCCCC(CN)NC(=O)c1cnn(Cc2ccccc2)c1CC. The summed E-state index contributed by atoms with van der Waals surface area (Å²) in [6.07, 6.45) is 5.51. The molecule has 0 aliphatic heterocycles. The van der Waals surface area contributed by atoms with Gasteiger partial charge >= 0.3 is 0 Å². The van der Waals surface area contributed by atoms with Gasteiger partial charge in [-0.05, 0) is 18.4 Å². The summed E-state index contributed by atoms with van der Waals surface area (Å²) in [4.78, 5) is 12.6. The van der Waals surface area contributed by atoms with Crippen LogP contribution in [0.3, 0.4) is 0 Å². The number of nitrogens with one attached hydrogen (secondary N) is 1. The van der Waals surface area contributed by atoms with Crippen molar-refractivity contribution in [2.24, 2.45) is 5.73 Å². The molecule has 1 atom stereocenters. The monoisotopic (exact) mass is 328 g/mol. The molecule has 5 heteroatoms. The number of unbranched alkanes of at least 4 members (excludes halogenated alkanes) is 1. The van der Waals surface area contributed by atoms with E-state index in [1.165, 1.54) is 5.56 Å². The Balaban J connectivity index is 2.11. The normalized spacial score (nSPS) is 12.1. The Labute approximate surface area is 144 Å². The van der Waals surface area contributed by atoms with Crippen LogP contribution in [0.4, 0.5) is 0 Å². The molecule has 3 N–H and O–H groups in total. The Bertz CT molecular complexity index is 636. The number of amides is 1. The van der Waals surface area contributed by atoms with Crippen molar-refractivity contribution in [3.8, 4) is 0 Å². The Hall–Kier alpha value is -2.14. The number of nitrogens with two attached hydrogens (primary N) is 1. The molecule has 2 aromatic rings. The lowest BCUT2D eigenvalue weighted by atomic mass is 10.1. The van der Waals surface area contributed by atoms with E-state index in [0.717, 1.165) is 31.4 Å². The molecule has 5 nitrogen and oxygen atoms in total. The van der Waals surface area contributed by atoms with E-state index in [-0.39, 0.29) is 11.9 Å². The van der Waals surface area contributed by atoms with Gasteiger partial charge in [-0.15, -0.1) is 0 Å². The van der Waals surface area contributed by atoms with Crippen molar-refractivity contribution in [3.63, 3.8) is 0 Å². The molecule has 0 spiro atoms. The Morgan fingerprint density at radius 3 is 2.67 bits per heavy atom. The van der Waals surface area contributed by atoms with Crippen molar-refractivity contribution in [3.05, 3.63) is 53.3 Å². The fourth-order valence-electron chi connectivity index (χ4n) is 2.83. The third-order valence-electron chi connectivity index (χ3n) is 4.23. The van der Waals surface area contributed by atoms with Crippen LogP contribution in [0.25, 0.3) is 0 Å². The molecule has 0 fully saturated rings. The zero-order chi connectivity index (χ0) is 17.4. The third-order valence-corrected chi connectivity index (χ3v) is 4.23. The van der Waals surface area contributed by atoms with Crippen molar-refractivity contribution in [2.75, 3.05) is 6.54 Å². The van der Waals surface area contributed by atoms with E-state index in [1.807, 2.05) is 29.8 Å². The zero-order valence-corrected chi connectivity index (χ0v) is 14.7. The van der Waals surface area contributed by atoms with E-state index in [9.17, 15) is 4.79 Å². The molecule has 1 unspecified atom stereocenters. The first kappa shape index (κ1) is 18.2. The van der Waals surface area contributed by atoms with Crippen LogP contribution in [0.15, 0.2) is 36.5 Å². The lowest BCUT2D eigenvalue weighted by Gasteiger charge is -2.16. The van der Waals surface area contributed by atoms with Gasteiger partial charge in [-0.25, -0.2) is 0 Å². The fraction of sp³-hybridized carbons (Fsp3) is 0.474. The molecule has 0 radical (unpaired) electrons. The highest BCUT2D eigenvalue weighted by atomic mass is 16.1. The second-order valence-electron chi connectivity index (χ2n) is 6.05. The summed E-state index contributed by atoms with van der Waals surface area (Å²) in [5.74, 6) is -0.0716. The average molecular weight is 328 g/mol. The van der Waals surface area contributed by atoms with E-state index >= 15 is 0 Å². The lowest BCUT2D eigenvalue weighted by Crippen LogP contribution is -2.40. The van der Waals surface area contributed by atoms with Gasteiger partial charge in [0.05, 0.1) is 24.0 Å². The van der Waals surface area contributed by atoms with E-state index in [1.54, 1.807) is 6.20 Å². The number of hydrogen-bond donors (Lipinski definition) is 2. The number of carbonyl (C=O) groups excluding carboxylic acids is 1. The van der Waals surface area contributed by atoms with Gasteiger partial charge in [0.25, 0.3) is 5.91 Å². The number of rotatable bonds is 9. The van der Waals surface area contributed by atoms with Crippen molar-refractivity contribution in [1.82, 2.24) is 15.1 Å². The highest BCUT2D eigenvalue weighted by Crippen LogP contribution is 2.13. The van der Waals surface area contributed by atoms with Crippen LogP contribution in [-0.4, -0.2) is 28.3 Å². The quantitative estimate of drug-likeness (QED) is 0.743. The maximum Gasteiger partial charge on any atom is 0.255 e. The standard InChI is InChI=1S/C19H28N4O/c1-3-5-11-16(12-20)22-19(24)17-13-21-23(18(17)4-2)14-15-9-7-6-8-10-15/h6-10,13,16H,3-5,11-12,14,20H2,1-2H3,(H,22,24). The van der Waals surface area contributed by atoms with Gasteiger partial charge in [0.15, 0.2) is 0 Å². The van der Waals surface area contributed by atoms with Crippen LogP contribution in [0, 0.1) is 0 Å². The van der Waals surface area contributed by atoms with Crippen LogP contribution in [0.2, 0.25) is 0 Å². The minimum absolute atomic E-state index is 0.0274. The Morgan fingerprint density at radius 1 is 1.29 bits per heavy atom. The van der Waals surface area contributed by atoms with Crippen LogP contribution < -0.4 is 11.1 Å². The highest BCUT2D eigenvalue weighted by molar-refractivity contribution is 5.95. The zero-order valence-electron chi connectivity index (χ0n) is 14.7. The summed E-state index contributed by atoms with van der Waals surface area (Å²) in [7, 11) is 0. The van der Waals surface area contributed by atoms with Gasteiger partial charge in [0, 0.05) is 12.6 Å². The summed E-state index contributed by atoms with van der Waals surface area (Å²) in [6, 6.07) is 10.2. The topological polar surface area (TPSA) is 72.9 Å². The second kappa shape index (κ2) is 9.23. The maximum atomic E-state index is 12.6. The van der Waals surface area contributed by atoms with Gasteiger partial charge in [-0.3, -0.25) is 9.48 Å². The second-order valence-corrected chi connectivity index (χ2v) is 6.05. The van der Waals surface area contributed by atoms with Gasteiger partial charge < -0.3 is 11.1 Å². The first-order valence-electron chi connectivity index (χ1n) is 8.79. The predicted octanol–water partition coefficient (Wildman–Crippen LogP) is 2.74. The summed E-state index contributed by atoms with van der Waals surface area (Å²) < 4.78 is 1.91. The van der Waals surface area contributed by atoms with Gasteiger partial charge in [0.2, 0.25) is 0 Å². The maximum absolute atomic E-state index is 12.6. The molecule has 1 aromatic carbocycles. The smallest absolute Gasteiger partial charge is 0.255 e. The number of hydrogen-bond acceptors (Lipinski definition) is 3. The summed E-state index contributed by atoms with van der Waals surface area (Å²) >= 11 is 0. The molecular formula is C19H28N4O. The van der Waals surface area contributed by atoms with E-state index in [0.29, 0.717) is 18.7 Å². The molecule has 0 bridgehead atoms. The Morgan fingerprint density at radius 2 is 2.04 bits per heavy atom. The van der Waals surface area contributed by atoms with Crippen LogP contribution in [-0.2, 0) is 13.0 Å². The lowest BCUT2D eigenvalue weighted by molar-refractivity contribution is 0.0934. The molecule has 1 amide bonds. The van der Waals surface area contributed by atoms with E-state index in [4.69, 9.17) is 5.73 Å². The number of benzene rings is 1. The minimum atomic E-state index is -0.0716. The van der Waals surface area contributed by atoms with Crippen molar-refractivity contribution in [2.45, 2.75) is 52.1 Å². The van der Waals surface area contributed by atoms with Gasteiger partial charge in [-0.2, -0.15) is 5.10 Å². The number of aromatic nitrogens is 2. The molecule has 1 aromatic heterocycles. The van der Waals surface area contributed by atoms with Gasteiger partial charge in [-0.1, -0.05) is 57.0 Å². The van der Waals surface area contributed by atoms with E-state index < -0.39 is 0 Å². The van der Waals surface area contributed by atoms with Crippen LogP contribution >= 0.6 is 0 Å². The molecular weight excluding hydrogens is 300 g/mol. The average Bonchev–Trinajstić information content (AvgIpc) is 3.02. The van der Waals surface area contributed by atoms with E-state index in [2.05, 4.69) is 29.5 Å². The van der Waals surface area contributed by atoms with Crippen molar-refractivity contribution < 1.29 is 4.79 Å². The summed E-state index contributed by atoms with van der Waals surface area (Å²) in [5.41, 5.74) is 8.57. The first-order valence-corrected chi connectivity index (χ1v) is 8.79. The number of carbonyl (C=O) groups is 1. The summed E-state index contributed by atoms with van der Waals surface area (Å²) in [5, 5.41) is 7.48. The first-order chi connectivity index (χ1) is 11.7. The fourth-order valence-corrected chi connectivity index (χ4v) is 2.83. The molecule has 0 aliphatic rings.